The predicted molar refractivity (Wildman–Crippen MR) is 136 cm³/mol. The van der Waals surface area contributed by atoms with E-state index in [2.05, 4.69) is 32.6 Å². The van der Waals surface area contributed by atoms with E-state index in [9.17, 15) is 30.8 Å². The highest BCUT2D eigenvalue weighted by atomic mass is 127. The van der Waals surface area contributed by atoms with E-state index in [-0.39, 0.29) is 29.3 Å². The highest BCUT2D eigenvalue weighted by molar-refractivity contribution is 14.1. The van der Waals surface area contributed by atoms with E-state index in [0.29, 0.717) is 36.8 Å². The molecule has 12 heteroatoms. The second-order valence-corrected chi connectivity index (χ2v) is 12.2. The van der Waals surface area contributed by atoms with Crippen LogP contribution in [-0.2, 0) is 27.2 Å². The average Bonchev–Trinajstić information content (AvgIpc) is 3.15. The predicted octanol–water partition coefficient (Wildman–Crippen LogP) is 5.63. The Balaban J connectivity index is 1.87. The average molecular weight is 639 g/mol. The molecule has 0 aliphatic rings. The van der Waals surface area contributed by atoms with Crippen molar-refractivity contribution in [3.05, 3.63) is 63.0 Å². The minimum absolute atomic E-state index is 0.00150. The number of hydrogen-bond acceptors (Lipinski definition) is 5. The fraction of sp³-hybridized carbons (Fsp3) is 0.458. The molecule has 0 radical (unpaired) electrons. The van der Waals surface area contributed by atoms with Crippen LogP contribution < -0.4 is 0 Å². The van der Waals surface area contributed by atoms with E-state index in [0.717, 1.165) is 9.77 Å². The van der Waals surface area contributed by atoms with Crippen LogP contribution >= 0.6 is 22.6 Å². The van der Waals surface area contributed by atoms with Gasteiger partial charge in [-0.1, -0.05) is 26.3 Å². The molecule has 0 aliphatic heterocycles. The maximum absolute atomic E-state index is 13.7. The van der Waals surface area contributed by atoms with E-state index in [1.54, 1.807) is 29.8 Å². The molecular weight excluding hydrogens is 613 g/mol. The van der Waals surface area contributed by atoms with Gasteiger partial charge in [-0.15, -0.1) is 0 Å². The number of sulfone groups is 1. The van der Waals surface area contributed by atoms with Crippen LogP contribution in [0.25, 0.3) is 5.78 Å². The first-order valence-corrected chi connectivity index (χ1v) is 14.3. The number of alkyl halides is 3. The monoisotopic (exact) mass is 639 g/mol. The number of unbranched alkanes of at least 4 members (excludes halogenated alkanes) is 1. The van der Waals surface area contributed by atoms with Gasteiger partial charge >= 0.3 is 6.18 Å². The highest BCUT2D eigenvalue weighted by Gasteiger charge is 2.35. The van der Waals surface area contributed by atoms with Gasteiger partial charge in [0.1, 0.15) is 25.1 Å². The van der Waals surface area contributed by atoms with Crippen LogP contribution in [0.1, 0.15) is 55.8 Å². The zero-order valence-corrected chi connectivity index (χ0v) is 22.7. The van der Waals surface area contributed by atoms with E-state index in [4.69, 9.17) is 0 Å². The Hall–Kier alpha value is -2.09. The third-order valence-corrected chi connectivity index (χ3v) is 9.06. The number of halogens is 5. The minimum Gasteiger partial charge on any atom is -0.299 e. The molecule has 196 valence electrons. The van der Waals surface area contributed by atoms with Crippen LogP contribution in [0, 0.1) is 15.4 Å². The molecule has 1 aromatic carbocycles. The Kier molecular flexibility index (Phi) is 9.12. The van der Waals surface area contributed by atoms with Crippen molar-refractivity contribution in [2.45, 2.75) is 51.6 Å². The molecule has 3 aromatic rings. The summed E-state index contributed by atoms with van der Waals surface area (Å²) in [6, 6.07) is 4.31. The normalized spacial score (nSPS) is 14.2. The number of fused-ring (bicyclic) bond motifs is 1. The molecular formula is C24H26F4IN3O3S. The summed E-state index contributed by atoms with van der Waals surface area (Å²) >= 11 is 2.11. The summed E-state index contributed by atoms with van der Waals surface area (Å²) in [6.45, 7) is 3.39. The van der Waals surface area contributed by atoms with Crippen molar-refractivity contribution in [1.82, 2.24) is 14.4 Å². The summed E-state index contributed by atoms with van der Waals surface area (Å²) in [5, 5.41) is 0. The van der Waals surface area contributed by atoms with Crippen molar-refractivity contribution >= 4 is 44.0 Å². The number of aromatic nitrogens is 3. The van der Waals surface area contributed by atoms with Crippen LogP contribution in [0.3, 0.4) is 0 Å². The van der Waals surface area contributed by atoms with Crippen molar-refractivity contribution < 1.29 is 30.8 Å². The number of rotatable bonds is 11. The van der Waals surface area contributed by atoms with Gasteiger partial charge in [-0.2, -0.15) is 13.2 Å². The molecule has 0 amide bonds. The van der Waals surface area contributed by atoms with Gasteiger partial charge in [0.05, 0.1) is 17.0 Å². The highest BCUT2D eigenvalue weighted by Crippen LogP contribution is 2.35. The molecule has 0 saturated heterocycles. The molecule has 0 aliphatic carbocycles. The summed E-state index contributed by atoms with van der Waals surface area (Å²) in [7, 11) is -3.16. The smallest absolute Gasteiger partial charge is 0.299 e. The molecule has 2 aromatic heterocycles. The van der Waals surface area contributed by atoms with Crippen molar-refractivity contribution in [3.8, 4) is 0 Å². The summed E-state index contributed by atoms with van der Waals surface area (Å²) in [6.07, 6.45) is -0.657. The van der Waals surface area contributed by atoms with Crippen LogP contribution in [0.2, 0.25) is 0 Å². The standard InChI is InChI=1S/C24H26F4IN3O3S/c1-3-36(34,35)12-5-4-7-17(15(2)21-22(29)32-11-6-10-30-23(32)31-21)20(33)14-16-8-9-19(25)18(13-16)24(26,27)28/h6,8-11,13,15,17H,3-5,7,12,14H2,1-2H3/t15-,17?/m0/s1. The largest absolute Gasteiger partial charge is 0.419 e. The van der Waals surface area contributed by atoms with Crippen LogP contribution in [0.4, 0.5) is 17.6 Å². The minimum atomic E-state index is -4.87. The van der Waals surface area contributed by atoms with Gasteiger partial charge in [-0.05, 0) is 59.2 Å². The Labute approximate surface area is 220 Å². The van der Waals surface area contributed by atoms with Gasteiger partial charge < -0.3 is 0 Å². The number of nitrogens with zero attached hydrogens (tertiary/aromatic N) is 3. The maximum Gasteiger partial charge on any atom is 0.419 e. The molecule has 0 N–H and O–H groups in total. The van der Waals surface area contributed by atoms with Crippen LogP contribution in [0.15, 0.2) is 36.7 Å². The number of hydrogen-bond donors (Lipinski definition) is 0. The molecule has 36 heavy (non-hydrogen) atoms. The lowest BCUT2D eigenvalue weighted by molar-refractivity contribution is -0.140. The van der Waals surface area contributed by atoms with E-state index in [1.165, 1.54) is 6.07 Å². The Morgan fingerprint density at radius 1 is 1.22 bits per heavy atom. The second kappa shape index (κ2) is 11.5. The number of benzene rings is 1. The summed E-state index contributed by atoms with van der Waals surface area (Å²) in [5.41, 5.74) is -0.724. The van der Waals surface area contributed by atoms with E-state index >= 15 is 0 Å². The number of Topliss-reactive ketones (excluding diaryl/α,β-unsaturated/α-hetero) is 1. The van der Waals surface area contributed by atoms with Crippen LogP contribution in [-0.4, -0.2) is 40.1 Å². The second-order valence-electron chi connectivity index (χ2n) is 8.66. The van der Waals surface area contributed by atoms with Gasteiger partial charge in [0.2, 0.25) is 5.78 Å². The summed E-state index contributed by atoms with van der Waals surface area (Å²) in [5.74, 6) is -2.26. The first kappa shape index (κ1) is 28.5. The molecule has 6 nitrogen and oxygen atoms in total. The van der Waals surface area contributed by atoms with Gasteiger partial charge in [0.25, 0.3) is 0 Å². The Morgan fingerprint density at radius 3 is 2.58 bits per heavy atom. The quantitative estimate of drug-likeness (QED) is 0.155. The van der Waals surface area contributed by atoms with Crippen molar-refractivity contribution in [2.75, 3.05) is 11.5 Å². The maximum atomic E-state index is 13.7. The lowest BCUT2D eigenvalue weighted by Crippen LogP contribution is -2.24. The van der Waals surface area contributed by atoms with Crippen molar-refractivity contribution in [3.63, 3.8) is 0 Å². The third-order valence-electron chi connectivity index (χ3n) is 6.19. The number of imidazole rings is 1. The molecule has 2 atom stereocenters. The van der Waals surface area contributed by atoms with Crippen molar-refractivity contribution in [1.29, 1.82) is 0 Å². The molecule has 2 heterocycles. The number of carbonyl (C=O) groups excluding carboxylic acids is 1. The topological polar surface area (TPSA) is 81.4 Å². The lowest BCUT2D eigenvalue weighted by Gasteiger charge is -2.22. The lowest BCUT2D eigenvalue weighted by atomic mass is 9.82. The summed E-state index contributed by atoms with van der Waals surface area (Å²) < 4.78 is 79.4. The van der Waals surface area contributed by atoms with Gasteiger partial charge in [0.15, 0.2) is 0 Å². The SMILES string of the molecule is CCS(=O)(=O)CCCCC(C(=O)Cc1ccc(F)c(C(F)(F)F)c1)[C@H](C)c1nc2ncccn2c1I. The molecule has 1 unspecified atom stereocenters. The van der Waals surface area contributed by atoms with Gasteiger partial charge in [0, 0.05) is 36.4 Å². The van der Waals surface area contributed by atoms with Crippen molar-refractivity contribution in [2.24, 2.45) is 5.92 Å². The fourth-order valence-electron chi connectivity index (χ4n) is 4.11. The molecule has 0 spiro atoms. The van der Waals surface area contributed by atoms with Gasteiger partial charge in [-0.25, -0.2) is 22.8 Å². The summed E-state index contributed by atoms with van der Waals surface area (Å²) in [4.78, 5) is 22.2. The molecule has 0 fully saturated rings. The Morgan fingerprint density at radius 2 is 1.94 bits per heavy atom. The molecule has 3 rings (SSSR count). The first-order valence-electron chi connectivity index (χ1n) is 11.4. The number of ketones is 1. The Bertz CT molecular complexity index is 1340. The van der Waals surface area contributed by atoms with E-state index < -0.39 is 39.2 Å². The fourth-order valence-corrected chi connectivity index (χ4v) is 6.03. The zero-order chi connectivity index (χ0) is 26.7. The number of carbonyl (C=O) groups is 1. The molecule has 0 saturated carbocycles. The van der Waals surface area contributed by atoms with Crippen LogP contribution in [0.5, 0.6) is 0 Å². The molecule has 0 bridgehead atoms. The van der Waals surface area contributed by atoms with E-state index in [1.807, 2.05) is 6.92 Å². The zero-order valence-electron chi connectivity index (χ0n) is 19.7. The third kappa shape index (κ3) is 6.81. The van der Waals surface area contributed by atoms with Gasteiger partial charge in [-0.3, -0.25) is 9.20 Å². The first-order chi connectivity index (χ1) is 16.8.